The summed E-state index contributed by atoms with van der Waals surface area (Å²) < 4.78 is 0. The molecule has 0 aliphatic heterocycles. The number of fused-ring (bicyclic) bond motifs is 1. The van der Waals surface area contributed by atoms with Gasteiger partial charge in [-0.2, -0.15) is 0 Å². The molecule has 0 spiro atoms. The molecule has 5 heteroatoms. The number of aromatic nitrogens is 2. The number of pyridine rings is 1. The van der Waals surface area contributed by atoms with Crippen LogP contribution in [0.25, 0.3) is 16.5 Å². The Morgan fingerprint density at radius 2 is 2.29 bits per heavy atom. The van der Waals surface area contributed by atoms with Crippen molar-refractivity contribution in [3.05, 3.63) is 54.4 Å². The summed E-state index contributed by atoms with van der Waals surface area (Å²) in [5, 5.41) is 0.950. The molecule has 0 atom stereocenters. The number of nitrogen functional groups attached to an aromatic ring is 1. The fourth-order valence-corrected chi connectivity index (χ4v) is 2.04. The van der Waals surface area contributed by atoms with Gasteiger partial charge in [-0.05, 0) is 18.6 Å². The standard InChI is InChI=1S/C16H18N4O/c1-3-10(2)6-11(4-5-16(18)21)13-8-19-14-9-20-15(17)7-12(13)14/h3-4,6-9,19H,1,5H2,2H3,(H2,17,20)(H2,18,21)/b10-6-,11-4+. The van der Waals surface area contributed by atoms with Gasteiger partial charge in [0.15, 0.2) is 0 Å². The Morgan fingerprint density at radius 3 is 2.95 bits per heavy atom. The van der Waals surface area contributed by atoms with Crippen LogP contribution in [0.1, 0.15) is 18.9 Å². The number of nitrogens with two attached hydrogens (primary N) is 2. The van der Waals surface area contributed by atoms with Crippen LogP contribution in [0.15, 0.2) is 48.8 Å². The largest absolute Gasteiger partial charge is 0.384 e. The van der Waals surface area contributed by atoms with Crippen molar-refractivity contribution in [2.75, 3.05) is 5.73 Å². The smallest absolute Gasteiger partial charge is 0.221 e. The predicted octanol–water partition coefficient (Wildman–Crippen LogP) is 2.54. The van der Waals surface area contributed by atoms with Crippen LogP contribution in [0, 0.1) is 0 Å². The molecule has 0 unspecified atom stereocenters. The Morgan fingerprint density at radius 1 is 1.52 bits per heavy atom. The van der Waals surface area contributed by atoms with Crippen molar-refractivity contribution in [1.82, 2.24) is 9.97 Å². The SMILES string of the molecule is C=C/C(C)=C\C(=C/CC(N)=O)c1c[nH]c2cnc(N)cc12. The van der Waals surface area contributed by atoms with Crippen LogP contribution in [-0.2, 0) is 4.79 Å². The lowest BCUT2D eigenvalue weighted by atomic mass is 10.0. The van der Waals surface area contributed by atoms with E-state index in [4.69, 9.17) is 11.5 Å². The maximum atomic E-state index is 11.0. The molecule has 0 aromatic carbocycles. The van der Waals surface area contributed by atoms with Crippen molar-refractivity contribution < 1.29 is 4.79 Å². The fourth-order valence-electron chi connectivity index (χ4n) is 2.04. The summed E-state index contributed by atoms with van der Waals surface area (Å²) in [5.41, 5.74) is 14.7. The molecule has 5 nitrogen and oxygen atoms in total. The van der Waals surface area contributed by atoms with E-state index >= 15 is 0 Å². The highest BCUT2D eigenvalue weighted by atomic mass is 16.1. The van der Waals surface area contributed by atoms with Crippen molar-refractivity contribution in [2.24, 2.45) is 5.73 Å². The highest BCUT2D eigenvalue weighted by Crippen LogP contribution is 2.27. The lowest BCUT2D eigenvalue weighted by Gasteiger charge is -2.03. The zero-order chi connectivity index (χ0) is 15.4. The van der Waals surface area contributed by atoms with E-state index in [2.05, 4.69) is 16.5 Å². The molecular formula is C16H18N4O. The molecule has 0 aliphatic carbocycles. The Balaban J connectivity index is 2.57. The van der Waals surface area contributed by atoms with E-state index < -0.39 is 0 Å². The summed E-state index contributed by atoms with van der Waals surface area (Å²) in [6.45, 7) is 5.68. The summed E-state index contributed by atoms with van der Waals surface area (Å²) in [4.78, 5) is 18.2. The van der Waals surface area contributed by atoms with Crippen LogP contribution < -0.4 is 11.5 Å². The number of amides is 1. The molecule has 2 heterocycles. The summed E-state index contributed by atoms with van der Waals surface area (Å²) in [5.74, 6) is 0.0696. The highest BCUT2D eigenvalue weighted by Gasteiger charge is 2.08. The van der Waals surface area contributed by atoms with Gasteiger partial charge in [-0.15, -0.1) is 0 Å². The van der Waals surface area contributed by atoms with Gasteiger partial charge in [-0.1, -0.05) is 30.4 Å². The van der Waals surface area contributed by atoms with Crippen LogP contribution in [0.2, 0.25) is 0 Å². The van der Waals surface area contributed by atoms with Crippen molar-refractivity contribution in [3.63, 3.8) is 0 Å². The zero-order valence-corrected chi connectivity index (χ0v) is 11.9. The number of anilines is 1. The maximum absolute atomic E-state index is 11.0. The zero-order valence-electron chi connectivity index (χ0n) is 11.9. The van der Waals surface area contributed by atoms with E-state index in [9.17, 15) is 4.79 Å². The van der Waals surface area contributed by atoms with Crippen molar-refractivity contribution in [3.8, 4) is 0 Å². The third-order valence-electron chi connectivity index (χ3n) is 3.13. The number of carbonyl (C=O) groups excluding carboxylic acids is 1. The van der Waals surface area contributed by atoms with Gasteiger partial charge in [0.25, 0.3) is 0 Å². The molecule has 2 aromatic heterocycles. The molecule has 2 rings (SSSR count). The summed E-state index contributed by atoms with van der Waals surface area (Å²) in [7, 11) is 0. The van der Waals surface area contributed by atoms with Gasteiger partial charge in [-0.3, -0.25) is 4.79 Å². The summed E-state index contributed by atoms with van der Waals surface area (Å²) in [6, 6.07) is 1.80. The molecular weight excluding hydrogens is 264 g/mol. The Labute approximate surface area is 123 Å². The van der Waals surface area contributed by atoms with Gasteiger partial charge in [0.1, 0.15) is 5.82 Å². The number of aromatic amines is 1. The number of H-pyrrole nitrogens is 1. The molecule has 0 bridgehead atoms. The van der Waals surface area contributed by atoms with E-state index in [0.717, 1.165) is 27.6 Å². The molecule has 1 amide bonds. The first-order valence-electron chi connectivity index (χ1n) is 6.53. The number of rotatable bonds is 5. The quantitative estimate of drug-likeness (QED) is 0.735. The number of nitrogens with zero attached hydrogens (tertiary/aromatic N) is 1. The van der Waals surface area contributed by atoms with Gasteiger partial charge < -0.3 is 16.5 Å². The Kier molecular flexibility index (Phi) is 4.23. The van der Waals surface area contributed by atoms with Crippen LogP contribution in [0.4, 0.5) is 5.82 Å². The molecule has 5 N–H and O–H groups in total. The van der Waals surface area contributed by atoms with Gasteiger partial charge in [0, 0.05) is 23.6 Å². The number of carbonyl (C=O) groups is 1. The number of nitrogens with one attached hydrogen (secondary N) is 1. The predicted molar refractivity (Wildman–Crippen MR) is 86.2 cm³/mol. The molecule has 0 fully saturated rings. The first kappa shape index (κ1) is 14.6. The van der Waals surface area contributed by atoms with Crippen molar-refractivity contribution in [2.45, 2.75) is 13.3 Å². The van der Waals surface area contributed by atoms with Gasteiger partial charge in [-0.25, -0.2) is 4.98 Å². The van der Waals surface area contributed by atoms with Crippen LogP contribution >= 0.6 is 0 Å². The third-order valence-corrected chi connectivity index (χ3v) is 3.13. The van der Waals surface area contributed by atoms with E-state index in [1.54, 1.807) is 24.4 Å². The van der Waals surface area contributed by atoms with E-state index in [0.29, 0.717) is 5.82 Å². The molecule has 0 saturated carbocycles. The minimum absolute atomic E-state index is 0.170. The number of hydrogen-bond donors (Lipinski definition) is 3. The van der Waals surface area contributed by atoms with Gasteiger partial charge in [0.05, 0.1) is 11.7 Å². The molecule has 0 radical (unpaired) electrons. The molecule has 2 aromatic rings. The average molecular weight is 282 g/mol. The lowest BCUT2D eigenvalue weighted by molar-refractivity contribution is -0.117. The highest BCUT2D eigenvalue weighted by molar-refractivity contribution is 5.96. The monoisotopic (exact) mass is 282 g/mol. The van der Waals surface area contributed by atoms with E-state index in [1.165, 1.54) is 0 Å². The second-order valence-corrected chi connectivity index (χ2v) is 4.78. The summed E-state index contributed by atoms with van der Waals surface area (Å²) in [6.07, 6.45) is 9.23. The Hall–Kier alpha value is -2.82. The molecule has 21 heavy (non-hydrogen) atoms. The molecule has 0 saturated heterocycles. The fraction of sp³-hybridized carbons (Fsp3) is 0.125. The number of allylic oxidation sites excluding steroid dienone is 4. The van der Waals surface area contributed by atoms with Crippen LogP contribution in [0.5, 0.6) is 0 Å². The normalized spacial score (nSPS) is 12.6. The van der Waals surface area contributed by atoms with Crippen molar-refractivity contribution >= 4 is 28.2 Å². The first-order chi connectivity index (χ1) is 10.0. The minimum atomic E-state index is -0.377. The van der Waals surface area contributed by atoms with E-state index in [-0.39, 0.29) is 12.3 Å². The van der Waals surface area contributed by atoms with E-state index in [1.807, 2.05) is 19.2 Å². The molecule has 108 valence electrons. The van der Waals surface area contributed by atoms with Crippen LogP contribution in [0.3, 0.4) is 0 Å². The minimum Gasteiger partial charge on any atom is -0.384 e. The summed E-state index contributed by atoms with van der Waals surface area (Å²) >= 11 is 0. The van der Waals surface area contributed by atoms with Gasteiger partial charge in [0.2, 0.25) is 5.91 Å². The maximum Gasteiger partial charge on any atom is 0.221 e. The third kappa shape index (κ3) is 3.39. The second kappa shape index (κ2) is 6.09. The number of hydrogen-bond acceptors (Lipinski definition) is 3. The van der Waals surface area contributed by atoms with Crippen LogP contribution in [-0.4, -0.2) is 15.9 Å². The first-order valence-corrected chi connectivity index (χ1v) is 6.53. The Bertz CT molecular complexity index is 753. The van der Waals surface area contributed by atoms with Gasteiger partial charge >= 0.3 is 0 Å². The lowest BCUT2D eigenvalue weighted by Crippen LogP contribution is -2.08. The second-order valence-electron chi connectivity index (χ2n) is 4.78. The molecule has 0 aliphatic rings. The van der Waals surface area contributed by atoms with Crippen molar-refractivity contribution in [1.29, 1.82) is 0 Å². The topological polar surface area (TPSA) is 97.8 Å². The number of primary amides is 1. The average Bonchev–Trinajstić information content (AvgIpc) is 2.85.